The van der Waals surface area contributed by atoms with Crippen LogP contribution in [0.2, 0.25) is 0 Å². The van der Waals surface area contributed by atoms with Gasteiger partial charge in [-0.1, -0.05) is 61.2 Å². The summed E-state index contributed by atoms with van der Waals surface area (Å²) in [5.41, 5.74) is 2.49. The minimum atomic E-state index is -0.366. The monoisotopic (exact) mass is 449 g/mol. The summed E-state index contributed by atoms with van der Waals surface area (Å²) in [4.78, 5) is 25.0. The van der Waals surface area contributed by atoms with Crippen molar-refractivity contribution in [2.45, 2.75) is 38.0 Å². The van der Waals surface area contributed by atoms with E-state index in [1.165, 1.54) is 11.8 Å². The summed E-state index contributed by atoms with van der Waals surface area (Å²) >= 11 is 1.30. The van der Waals surface area contributed by atoms with Crippen LogP contribution in [-0.2, 0) is 17.8 Å². The predicted octanol–water partition coefficient (Wildman–Crippen LogP) is 4.25. The van der Waals surface area contributed by atoms with Gasteiger partial charge in [-0.2, -0.15) is 0 Å². The molecular weight excluding hydrogens is 422 g/mol. The van der Waals surface area contributed by atoms with Crippen molar-refractivity contribution >= 4 is 29.3 Å². The summed E-state index contributed by atoms with van der Waals surface area (Å²) in [5, 5.41) is 15.0. The standard InChI is InChI=1S/C24H27N5O2S/c1-4-15-29-22(17(3)25-23(31)19-12-7-6-8-13-19)27-28-24(29)32-16-21(30)26-20-14-10-9-11-18(20)5-2/h4,6-14,17H,1,5,15-16H2,2-3H3,(H,25,31)(H,26,30)/t17-/m1/s1. The van der Waals surface area contributed by atoms with Crippen LogP contribution in [0.4, 0.5) is 5.69 Å². The van der Waals surface area contributed by atoms with Gasteiger partial charge in [-0.05, 0) is 37.1 Å². The number of aryl methyl sites for hydroxylation is 1. The predicted molar refractivity (Wildman–Crippen MR) is 128 cm³/mol. The van der Waals surface area contributed by atoms with Gasteiger partial charge in [0.25, 0.3) is 5.91 Å². The Hall–Kier alpha value is -3.39. The van der Waals surface area contributed by atoms with Crippen LogP contribution in [0, 0.1) is 0 Å². The zero-order chi connectivity index (χ0) is 22.9. The van der Waals surface area contributed by atoms with Crippen molar-refractivity contribution in [2.75, 3.05) is 11.1 Å². The molecule has 3 rings (SSSR count). The van der Waals surface area contributed by atoms with Crippen molar-refractivity contribution in [1.82, 2.24) is 20.1 Å². The van der Waals surface area contributed by atoms with Crippen molar-refractivity contribution < 1.29 is 9.59 Å². The molecular formula is C24H27N5O2S. The highest BCUT2D eigenvalue weighted by Crippen LogP contribution is 2.22. The van der Waals surface area contributed by atoms with E-state index >= 15 is 0 Å². The molecule has 0 saturated heterocycles. The third-order valence-electron chi connectivity index (χ3n) is 4.83. The van der Waals surface area contributed by atoms with Crippen molar-refractivity contribution in [1.29, 1.82) is 0 Å². The molecule has 0 bridgehead atoms. The van der Waals surface area contributed by atoms with Crippen LogP contribution in [-0.4, -0.2) is 32.3 Å². The summed E-state index contributed by atoms with van der Waals surface area (Å²) in [5.74, 6) is 0.497. The molecule has 8 heteroatoms. The summed E-state index contributed by atoms with van der Waals surface area (Å²) < 4.78 is 1.86. The Morgan fingerprint density at radius 1 is 1.12 bits per heavy atom. The summed E-state index contributed by atoms with van der Waals surface area (Å²) in [6, 6.07) is 16.4. The maximum absolute atomic E-state index is 12.5. The number of allylic oxidation sites excluding steroid dienone is 1. The number of amides is 2. The van der Waals surface area contributed by atoms with Crippen LogP contribution in [0.1, 0.15) is 41.6 Å². The third kappa shape index (κ3) is 5.85. The molecule has 0 spiro atoms. The van der Waals surface area contributed by atoms with Gasteiger partial charge in [0.1, 0.15) is 0 Å². The third-order valence-corrected chi connectivity index (χ3v) is 5.80. The van der Waals surface area contributed by atoms with E-state index in [0.29, 0.717) is 23.1 Å². The second kappa shape index (κ2) is 11.3. The zero-order valence-electron chi connectivity index (χ0n) is 18.2. The number of carbonyl (C=O) groups is 2. The van der Waals surface area contributed by atoms with Crippen LogP contribution in [0.25, 0.3) is 0 Å². The van der Waals surface area contributed by atoms with E-state index in [1.807, 2.05) is 54.0 Å². The lowest BCUT2D eigenvalue weighted by molar-refractivity contribution is -0.113. The smallest absolute Gasteiger partial charge is 0.251 e. The molecule has 7 nitrogen and oxygen atoms in total. The van der Waals surface area contributed by atoms with Crippen molar-refractivity contribution in [2.24, 2.45) is 0 Å². The Morgan fingerprint density at radius 2 is 1.84 bits per heavy atom. The fourth-order valence-electron chi connectivity index (χ4n) is 3.23. The first-order chi connectivity index (χ1) is 15.5. The molecule has 0 fully saturated rings. The number of rotatable bonds is 10. The van der Waals surface area contributed by atoms with Crippen LogP contribution in [0.5, 0.6) is 0 Å². The van der Waals surface area contributed by atoms with Crippen LogP contribution >= 0.6 is 11.8 Å². The van der Waals surface area contributed by atoms with Gasteiger partial charge >= 0.3 is 0 Å². The minimum Gasteiger partial charge on any atom is -0.342 e. The molecule has 0 unspecified atom stereocenters. The summed E-state index contributed by atoms with van der Waals surface area (Å²) in [6.45, 7) is 8.18. The molecule has 2 N–H and O–H groups in total. The lowest BCUT2D eigenvalue weighted by Crippen LogP contribution is -2.28. The number of carbonyl (C=O) groups excluding carboxylic acids is 2. The van der Waals surface area contributed by atoms with Crippen molar-refractivity contribution in [3.8, 4) is 0 Å². The minimum absolute atomic E-state index is 0.115. The van der Waals surface area contributed by atoms with E-state index in [1.54, 1.807) is 18.2 Å². The summed E-state index contributed by atoms with van der Waals surface area (Å²) in [7, 11) is 0. The van der Waals surface area contributed by atoms with Crippen molar-refractivity contribution in [3.63, 3.8) is 0 Å². The fraction of sp³-hybridized carbons (Fsp3) is 0.250. The van der Waals surface area contributed by atoms with Crippen LogP contribution in [0.3, 0.4) is 0 Å². The van der Waals surface area contributed by atoms with E-state index < -0.39 is 0 Å². The number of thioether (sulfide) groups is 1. The molecule has 1 heterocycles. The van der Waals surface area contributed by atoms with E-state index in [0.717, 1.165) is 17.7 Å². The molecule has 0 saturated carbocycles. The number of benzene rings is 2. The molecule has 32 heavy (non-hydrogen) atoms. The van der Waals surface area contributed by atoms with Gasteiger partial charge < -0.3 is 15.2 Å². The van der Waals surface area contributed by atoms with Crippen molar-refractivity contribution in [3.05, 3.63) is 84.2 Å². The SMILES string of the molecule is C=CCn1c(SCC(=O)Nc2ccccc2CC)nnc1[C@@H](C)NC(=O)c1ccccc1. The van der Waals surface area contributed by atoms with Crippen LogP contribution in [0.15, 0.2) is 72.4 Å². The first kappa shape index (κ1) is 23.3. The normalized spacial score (nSPS) is 11.6. The van der Waals surface area contributed by atoms with Gasteiger partial charge in [-0.3, -0.25) is 9.59 Å². The Labute approximate surface area is 192 Å². The Balaban J connectivity index is 1.66. The highest BCUT2D eigenvalue weighted by atomic mass is 32.2. The molecule has 2 aromatic carbocycles. The van der Waals surface area contributed by atoms with Gasteiger partial charge in [0, 0.05) is 17.8 Å². The first-order valence-corrected chi connectivity index (χ1v) is 11.4. The fourth-order valence-corrected chi connectivity index (χ4v) is 3.98. The maximum atomic E-state index is 12.5. The van der Waals surface area contributed by atoms with E-state index in [9.17, 15) is 9.59 Å². The number of hydrogen-bond donors (Lipinski definition) is 2. The Morgan fingerprint density at radius 3 is 2.56 bits per heavy atom. The molecule has 3 aromatic rings. The summed E-state index contributed by atoms with van der Waals surface area (Å²) in [6.07, 6.45) is 2.58. The molecule has 0 aliphatic carbocycles. The molecule has 2 amide bonds. The second-order valence-electron chi connectivity index (χ2n) is 7.15. The maximum Gasteiger partial charge on any atom is 0.251 e. The number of anilines is 1. The highest BCUT2D eigenvalue weighted by Gasteiger charge is 2.20. The lowest BCUT2D eigenvalue weighted by Gasteiger charge is -2.15. The number of para-hydroxylation sites is 1. The van der Waals surface area contributed by atoms with E-state index in [-0.39, 0.29) is 23.6 Å². The number of aromatic nitrogens is 3. The van der Waals surface area contributed by atoms with E-state index in [2.05, 4.69) is 34.3 Å². The topological polar surface area (TPSA) is 88.9 Å². The number of hydrogen-bond acceptors (Lipinski definition) is 5. The Bertz CT molecular complexity index is 1080. The van der Waals surface area contributed by atoms with Gasteiger partial charge in [-0.25, -0.2) is 0 Å². The quantitative estimate of drug-likeness (QED) is 0.357. The molecule has 0 aliphatic rings. The average molecular weight is 450 g/mol. The van der Waals surface area contributed by atoms with Gasteiger partial charge in [0.05, 0.1) is 11.8 Å². The molecule has 1 atom stereocenters. The van der Waals surface area contributed by atoms with Gasteiger partial charge in [0.2, 0.25) is 5.91 Å². The first-order valence-electron chi connectivity index (χ1n) is 10.4. The Kier molecular flexibility index (Phi) is 8.21. The highest BCUT2D eigenvalue weighted by molar-refractivity contribution is 7.99. The largest absolute Gasteiger partial charge is 0.342 e. The van der Waals surface area contributed by atoms with Gasteiger partial charge in [0.15, 0.2) is 11.0 Å². The molecule has 0 aliphatic heterocycles. The zero-order valence-corrected chi connectivity index (χ0v) is 19.1. The number of nitrogens with zero attached hydrogens (tertiary/aromatic N) is 3. The van der Waals surface area contributed by atoms with Gasteiger partial charge in [-0.15, -0.1) is 16.8 Å². The lowest BCUT2D eigenvalue weighted by atomic mass is 10.1. The molecule has 1 aromatic heterocycles. The number of nitrogens with one attached hydrogen (secondary N) is 2. The average Bonchev–Trinajstić information content (AvgIpc) is 3.21. The molecule has 0 radical (unpaired) electrons. The van der Waals surface area contributed by atoms with Crippen LogP contribution < -0.4 is 10.6 Å². The second-order valence-corrected chi connectivity index (χ2v) is 8.09. The van der Waals surface area contributed by atoms with E-state index in [4.69, 9.17) is 0 Å². The molecule has 166 valence electrons.